The molecule has 0 heterocycles. The first kappa shape index (κ1) is 30.9. The third kappa shape index (κ3) is 6.10. The van der Waals surface area contributed by atoms with Gasteiger partial charge in [-0.25, -0.2) is 8.42 Å². The molecule has 0 spiro atoms. The zero-order valence-electron chi connectivity index (χ0n) is 24.1. The van der Waals surface area contributed by atoms with E-state index in [2.05, 4.69) is 5.32 Å². The molecular formula is C33H34ClNO6S. The number of sulfone groups is 1. The molecule has 1 amide bonds. The lowest BCUT2D eigenvalue weighted by atomic mass is 9.87. The van der Waals surface area contributed by atoms with Gasteiger partial charge in [0.05, 0.1) is 20.4 Å². The second-order valence-corrected chi connectivity index (χ2v) is 13.8. The van der Waals surface area contributed by atoms with E-state index in [4.69, 9.17) is 11.6 Å². The number of hydrogen-bond donors (Lipinski definition) is 4. The molecular weight excluding hydrogens is 574 g/mol. The molecule has 0 fully saturated rings. The minimum absolute atomic E-state index is 0.0970. The van der Waals surface area contributed by atoms with Crippen molar-refractivity contribution in [2.24, 2.45) is 0 Å². The lowest BCUT2D eigenvalue weighted by Crippen LogP contribution is -2.17. The van der Waals surface area contributed by atoms with Crippen molar-refractivity contribution < 1.29 is 28.5 Å². The number of hydrogen-bond acceptors (Lipinski definition) is 6. The number of carbonyl (C=O) groups is 1. The first-order chi connectivity index (χ1) is 19.6. The number of aromatic hydroxyl groups is 3. The minimum atomic E-state index is -3.99. The third-order valence-electron chi connectivity index (χ3n) is 7.09. The molecule has 4 aromatic rings. The number of phenolic OH excluding ortho intramolecular Hbond substituents is 3. The SMILES string of the molecule is CC(C)c1ccccc1Cc1cc(C(=O)Nc2ccc(S(=O)(=O)c3ccccc3C(C)(C)C)c(Cl)c2)c(O)c(O)c1O. The Hall–Kier alpha value is -4.01. The van der Waals surface area contributed by atoms with Gasteiger partial charge in [0.2, 0.25) is 15.6 Å². The summed E-state index contributed by atoms with van der Waals surface area (Å²) in [7, 11) is -3.99. The van der Waals surface area contributed by atoms with Crippen molar-refractivity contribution in [2.75, 3.05) is 5.32 Å². The van der Waals surface area contributed by atoms with Crippen LogP contribution < -0.4 is 5.32 Å². The minimum Gasteiger partial charge on any atom is -0.504 e. The van der Waals surface area contributed by atoms with Gasteiger partial charge in [0.25, 0.3) is 5.91 Å². The van der Waals surface area contributed by atoms with Crippen LogP contribution in [0.25, 0.3) is 0 Å². The van der Waals surface area contributed by atoms with Crippen molar-refractivity contribution in [3.05, 3.63) is 106 Å². The smallest absolute Gasteiger partial charge is 0.259 e. The van der Waals surface area contributed by atoms with Crippen LogP contribution in [0.4, 0.5) is 5.69 Å². The number of anilines is 1. The van der Waals surface area contributed by atoms with Gasteiger partial charge < -0.3 is 20.6 Å². The molecule has 4 aromatic carbocycles. The molecule has 0 saturated heterocycles. The monoisotopic (exact) mass is 607 g/mol. The maximum atomic E-state index is 13.6. The number of phenols is 3. The van der Waals surface area contributed by atoms with Gasteiger partial charge in [0.15, 0.2) is 11.5 Å². The molecule has 42 heavy (non-hydrogen) atoms. The number of nitrogens with one attached hydrogen (secondary N) is 1. The van der Waals surface area contributed by atoms with Crippen LogP contribution in [0.5, 0.6) is 17.2 Å². The molecule has 0 aliphatic rings. The van der Waals surface area contributed by atoms with Gasteiger partial charge in [-0.2, -0.15) is 0 Å². The Morgan fingerprint density at radius 2 is 1.48 bits per heavy atom. The van der Waals surface area contributed by atoms with Gasteiger partial charge in [-0.05, 0) is 58.4 Å². The largest absolute Gasteiger partial charge is 0.504 e. The van der Waals surface area contributed by atoms with Crippen LogP contribution in [-0.2, 0) is 21.7 Å². The number of amides is 1. The molecule has 0 radical (unpaired) electrons. The van der Waals surface area contributed by atoms with Gasteiger partial charge >= 0.3 is 0 Å². The Kier molecular flexibility index (Phi) is 8.62. The quantitative estimate of drug-likeness (QED) is 0.161. The predicted octanol–water partition coefficient (Wildman–Crippen LogP) is 7.55. The molecule has 4 rings (SSSR count). The van der Waals surface area contributed by atoms with E-state index in [1.165, 1.54) is 24.3 Å². The Bertz CT molecular complexity index is 1770. The zero-order valence-corrected chi connectivity index (χ0v) is 25.6. The molecule has 4 N–H and O–H groups in total. The lowest BCUT2D eigenvalue weighted by molar-refractivity contribution is 0.102. The molecule has 0 saturated carbocycles. The van der Waals surface area contributed by atoms with Crippen LogP contribution in [0, 0.1) is 0 Å². The summed E-state index contributed by atoms with van der Waals surface area (Å²) in [5.41, 5.74) is 2.31. The average molecular weight is 608 g/mol. The van der Waals surface area contributed by atoms with Gasteiger partial charge in [0, 0.05) is 17.7 Å². The fraction of sp³-hybridized carbons (Fsp3) is 0.242. The molecule has 0 aliphatic carbocycles. The summed E-state index contributed by atoms with van der Waals surface area (Å²) in [5.74, 6) is -2.69. The summed E-state index contributed by atoms with van der Waals surface area (Å²) in [6, 6.07) is 19.7. The Labute approximate surface area is 251 Å². The first-order valence-electron chi connectivity index (χ1n) is 13.4. The van der Waals surface area contributed by atoms with Crippen LogP contribution in [0.1, 0.15) is 73.1 Å². The standard InChI is InChI=1S/C33H34ClNO6S/c1-19(2)23-11-7-6-10-20(23)16-21-17-24(30(37)31(38)29(21)36)32(39)35-22-14-15-28(26(34)18-22)42(40,41)27-13-9-8-12-25(27)33(3,4)5/h6-15,17-19,36-38H,16H2,1-5H3,(H,35,39). The van der Waals surface area contributed by atoms with E-state index in [9.17, 15) is 28.5 Å². The maximum Gasteiger partial charge on any atom is 0.259 e. The third-order valence-corrected chi connectivity index (χ3v) is 9.39. The van der Waals surface area contributed by atoms with E-state index in [1.807, 2.05) is 58.9 Å². The highest BCUT2D eigenvalue weighted by atomic mass is 35.5. The summed E-state index contributed by atoms with van der Waals surface area (Å²) < 4.78 is 27.2. The predicted molar refractivity (Wildman–Crippen MR) is 165 cm³/mol. The van der Waals surface area contributed by atoms with E-state index in [0.717, 1.165) is 11.1 Å². The van der Waals surface area contributed by atoms with E-state index in [1.54, 1.807) is 24.3 Å². The van der Waals surface area contributed by atoms with Crippen molar-refractivity contribution in [3.8, 4) is 17.2 Å². The maximum absolute atomic E-state index is 13.6. The van der Waals surface area contributed by atoms with Crippen molar-refractivity contribution in [1.82, 2.24) is 0 Å². The molecule has 7 nitrogen and oxygen atoms in total. The van der Waals surface area contributed by atoms with Crippen LogP contribution >= 0.6 is 11.6 Å². The van der Waals surface area contributed by atoms with Crippen molar-refractivity contribution in [3.63, 3.8) is 0 Å². The zero-order chi connectivity index (χ0) is 31.0. The highest BCUT2D eigenvalue weighted by molar-refractivity contribution is 7.91. The molecule has 9 heteroatoms. The summed E-state index contributed by atoms with van der Waals surface area (Å²) in [4.78, 5) is 13.3. The van der Waals surface area contributed by atoms with Crippen LogP contribution in [0.3, 0.4) is 0 Å². The van der Waals surface area contributed by atoms with E-state index in [0.29, 0.717) is 5.56 Å². The second kappa shape index (κ2) is 11.7. The van der Waals surface area contributed by atoms with E-state index >= 15 is 0 Å². The van der Waals surface area contributed by atoms with Gasteiger partial charge in [-0.3, -0.25) is 4.79 Å². The fourth-order valence-corrected chi connectivity index (χ4v) is 7.11. The van der Waals surface area contributed by atoms with E-state index in [-0.39, 0.29) is 44.0 Å². The number of halogens is 1. The molecule has 0 atom stereocenters. The van der Waals surface area contributed by atoms with Crippen LogP contribution in [0.2, 0.25) is 5.02 Å². The second-order valence-electron chi connectivity index (χ2n) is 11.5. The fourth-order valence-electron chi connectivity index (χ4n) is 4.91. The van der Waals surface area contributed by atoms with Gasteiger partial charge in [0.1, 0.15) is 0 Å². The highest BCUT2D eigenvalue weighted by Gasteiger charge is 2.29. The van der Waals surface area contributed by atoms with Crippen LogP contribution in [-0.4, -0.2) is 29.6 Å². The van der Waals surface area contributed by atoms with Gasteiger partial charge in [-0.15, -0.1) is 0 Å². The normalized spacial score (nSPS) is 12.0. The molecule has 220 valence electrons. The Balaban J connectivity index is 1.66. The average Bonchev–Trinajstić information content (AvgIpc) is 2.92. The van der Waals surface area contributed by atoms with Crippen molar-refractivity contribution in [1.29, 1.82) is 0 Å². The summed E-state index contributed by atoms with van der Waals surface area (Å²) in [6.45, 7) is 9.85. The molecule has 0 unspecified atom stereocenters. The summed E-state index contributed by atoms with van der Waals surface area (Å²) in [5, 5.41) is 34.0. The summed E-state index contributed by atoms with van der Waals surface area (Å²) in [6.07, 6.45) is 0.211. The molecule has 0 aliphatic heterocycles. The lowest BCUT2D eigenvalue weighted by Gasteiger charge is -2.23. The van der Waals surface area contributed by atoms with E-state index < -0.39 is 38.4 Å². The Morgan fingerprint density at radius 1 is 0.833 bits per heavy atom. The highest BCUT2D eigenvalue weighted by Crippen LogP contribution is 2.42. The molecule has 0 aromatic heterocycles. The number of benzene rings is 4. The first-order valence-corrected chi connectivity index (χ1v) is 15.3. The number of rotatable bonds is 7. The Morgan fingerprint density at radius 3 is 2.12 bits per heavy atom. The number of carbonyl (C=O) groups excluding carboxylic acids is 1. The van der Waals surface area contributed by atoms with Crippen molar-refractivity contribution >= 4 is 33.0 Å². The summed E-state index contributed by atoms with van der Waals surface area (Å²) >= 11 is 6.44. The van der Waals surface area contributed by atoms with Gasteiger partial charge in [-0.1, -0.05) is 88.7 Å². The topological polar surface area (TPSA) is 124 Å². The van der Waals surface area contributed by atoms with Crippen molar-refractivity contribution in [2.45, 2.75) is 62.2 Å². The molecule has 0 bridgehead atoms. The van der Waals surface area contributed by atoms with Crippen LogP contribution in [0.15, 0.2) is 82.6 Å².